The molecule has 0 saturated heterocycles. The Balaban J connectivity index is 2.02. The summed E-state index contributed by atoms with van der Waals surface area (Å²) in [6.07, 6.45) is 11.8. The molecule has 0 amide bonds. The van der Waals surface area contributed by atoms with Gasteiger partial charge in [-0.05, 0) is 43.4 Å². The summed E-state index contributed by atoms with van der Waals surface area (Å²) in [6, 6.07) is 0. The molecule has 1 unspecified atom stereocenters. The summed E-state index contributed by atoms with van der Waals surface area (Å²) in [5.74, 6) is 0.281. The van der Waals surface area contributed by atoms with Crippen LogP contribution in [0.5, 0.6) is 0 Å². The first-order chi connectivity index (χ1) is 9.29. The molecule has 2 rings (SSSR count). The molecule has 2 aliphatic carbocycles. The van der Waals surface area contributed by atoms with Gasteiger partial charge in [-0.1, -0.05) is 59.3 Å². The Bertz CT molecular complexity index is 309. The lowest BCUT2D eigenvalue weighted by Gasteiger charge is -2.49. The molecule has 1 atom stereocenters. The molecule has 0 aliphatic heterocycles. The monoisotopic (exact) mass is 282 g/mol. The third-order valence-electron chi connectivity index (χ3n) is 6.39. The minimum atomic E-state index is -0.523. The summed E-state index contributed by atoms with van der Waals surface area (Å²) >= 11 is 0. The van der Waals surface area contributed by atoms with E-state index in [4.69, 9.17) is 0 Å². The minimum Gasteiger partial charge on any atom is -0.390 e. The van der Waals surface area contributed by atoms with Gasteiger partial charge in [0.25, 0.3) is 0 Å². The maximum absolute atomic E-state index is 11.0. The summed E-state index contributed by atoms with van der Waals surface area (Å²) < 4.78 is 0. The lowest BCUT2D eigenvalue weighted by atomic mass is 9.61. The molecule has 20 heavy (non-hydrogen) atoms. The Morgan fingerprint density at radius 2 is 1.30 bits per heavy atom. The molecule has 0 aromatic carbocycles. The van der Waals surface area contributed by atoms with E-state index in [1.165, 1.54) is 12.8 Å². The van der Waals surface area contributed by atoms with Crippen molar-refractivity contribution >= 4 is 0 Å². The van der Waals surface area contributed by atoms with Gasteiger partial charge in [0.15, 0.2) is 0 Å². The van der Waals surface area contributed by atoms with E-state index in [1.54, 1.807) is 0 Å². The van der Waals surface area contributed by atoms with Crippen LogP contribution in [-0.2, 0) is 0 Å². The fourth-order valence-electron chi connectivity index (χ4n) is 4.62. The predicted octanol–water partition coefficient (Wildman–Crippen LogP) is 4.43. The summed E-state index contributed by atoms with van der Waals surface area (Å²) in [6.45, 7) is 6.61. The lowest BCUT2D eigenvalue weighted by molar-refractivity contribution is -0.124. The Labute approximate surface area is 125 Å². The molecule has 0 aromatic rings. The third kappa shape index (κ3) is 3.22. The van der Waals surface area contributed by atoms with Crippen molar-refractivity contribution in [2.24, 2.45) is 11.3 Å². The van der Waals surface area contributed by atoms with Crippen LogP contribution in [0, 0.1) is 11.3 Å². The quantitative estimate of drug-likeness (QED) is 0.801. The molecule has 2 heteroatoms. The first-order valence-electron chi connectivity index (χ1n) is 8.74. The predicted molar refractivity (Wildman–Crippen MR) is 83.6 cm³/mol. The van der Waals surface area contributed by atoms with E-state index in [0.717, 1.165) is 57.8 Å². The Morgan fingerprint density at radius 3 is 1.80 bits per heavy atom. The second-order valence-electron chi connectivity index (χ2n) is 8.25. The summed E-state index contributed by atoms with van der Waals surface area (Å²) in [5, 5.41) is 22.0. The van der Waals surface area contributed by atoms with E-state index >= 15 is 0 Å². The van der Waals surface area contributed by atoms with Crippen molar-refractivity contribution < 1.29 is 10.2 Å². The van der Waals surface area contributed by atoms with Crippen LogP contribution in [0.4, 0.5) is 0 Å². The molecular weight excluding hydrogens is 248 g/mol. The standard InChI is InChI=1S/C18H34O2/c1-15(17(19)10-6-4-7-11-17)14-16(2,3)18(20)12-8-5-9-13-18/h15,19-20H,4-14H2,1-3H3. The van der Waals surface area contributed by atoms with E-state index in [1.807, 2.05) is 0 Å². The van der Waals surface area contributed by atoms with E-state index in [0.29, 0.717) is 0 Å². The smallest absolute Gasteiger partial charge is 0.0698 e. The normalized spacial score (nSPS) is 28.1. The van der Waals surface area contributed by atoms with Gasteiger partial charge in [-0.3, -0.25) is 0 Å². The topological polar surface area (TPSA) is 40.5 Å². The first kappa shape index (κ1) is 16.3. The van der Waals surface area contributed by atoms with Crippen LogP contribution >= 0.6 is 0 Å². The SMILES string of the molecule is CC(CC(C)(C)C1(O)CCCCC1)C1(O)CCCCC1. The average molecular weight is 282 g/mol. The van der Waals surface area contributed by atoms with Crippen molar-refractivity contribution in [3.63, 3.8) is 0 Å². The maximum atomic E-state index is 11.0. The maximum Gasteiger partial charge on any atom is 0.0698 e. The summed E-state index contributed by atoms with van der Waals surface area (Å²) in [7, 11) is 0. The molecule has 2 nitrogen and oxygen atoms in total. The molecule has 0 bridgehead atoms. The van der Waals surface area contributed by atoms with Gasteiger partial charge < -0.3 is 10.2 Å². The van der Waals surface area contributed by atoms with Gasteiger partial charge in [-0.15, -0.1) is 0 Å². The molecule has 2 aliphatic rings. The van der Waals surface area contributed by atoms with Gasteiger partial charge in [0.2, 0.25) is 0 Å². The zero-order chi connectivity index (χ0) is 14.9. The summed E-state index contributed by atoms with van der Waals surface area (Å²) in [4.78, 5) is 0. The molecule has 0 aromatic heterocycles. The highest BCUT2D eigenvalue weighted by Crippen LogP contribution is 2.48. The molecule has 2 fully saturated rings. The van der Waals surface area contributed by atoms with Crippen molar-refractivity contribution in [2.75, 3.05) is 0 Å². The van der Waals surface area contributed by atoms with E-state index < -0.39 is 11.2 Å². The van der Waals surface area contributed by atoms with Gasteiger partial charge in [0, 0.05) is 0 Å². The zero-order valence-corrected chi connectivity index (χ0v) is 13.7. The van der Waals surface area contributed by atoms with Crippen LogP contribution in [0.2, 0.25) is 0 Å². The van der Waals surface area contributed by atoms with E-state index in [-0.39, 0.29) is 11.3 Å². The molecule has 118 valence electrons. The highest BCUT2D eigenvalue weighted by atomic mass is 16.3. The van der Waals surface area contributed by atoms with Gasteiger partial charge >= 0.3 is 0 Å². The van der Waals surface area contributed by atoms with Crippen LogP contribution < -0.4 is 0 Å². The molecule has 2 saturated carbocycles. The number of rotatable bonds is 4. The number of aliphatic hydroxyl groups is 2. The highest BCUT2D eigenvalue weighted by molar-refractivity contribution is 4.98. The fraction of sp³-hybridized carbons (Fsp3) is 1.00. The zero-order valence-electron chi connectivity index (χ0n) is 13.7. The average Bonchev–Trinajstić information content (AvgIpc) is 2.40. The lowest BCUT2D eigenvalue weighted by Crippen LogP contribution is -2.49. The molecule has 0 heterocycles. The van der Waals surface area contributed by atoms with Crippen molar-refractivity contribution in [3.8, 4) is 0 Å². The second kappa shape index (κ2) is 5.96. The summed E-state index contributed by atoms with van der Waals surface area (Å²) in [5.41, 5.74) is -1.11. The molecule has 2 N–H and O–H groups in total. The molecule has 0 spiro atoms. The molecular formula is C18H34O2. The Kier molecular flexibility index (Phi) is 4.86. The molecule has 0 radical (unpaired) electrons. The van der Waals surface area contributed by atoms with Gasteiger partial charge in [0.05, 0.1) is 11.2 Å². The number of hydrogen-bond acceptors (Lipinski definition) is 2. The van der Waals surface area contributed by atoms with E-state index in [9.17, 15) is 10.2 Å². The van der Waals surface area contributed by atoms with Gasteiger partial charge in [-0.25, -0.2) is 0 Å². The van der Waals surface area contributed by atoms with E-state index in [2.05, 4.69) is 20.8 Å². The first-order valence-corrected chi connectivity index (χ1v) is 8.74. The van der Waals surface area contributed by atoms with Gasteiger partial charge in [-0.2, -0.15) is 0 Å². The largest absolute Gasteiger partial charge is 0.390 e. The van der Waals surface area contributed by atoms with Crippen LogP contribution in [-0.4, -0.2) is 21.4 Å². The number of hydrogen-bond donors (Lipinski definition) is 2. The van der Waals surface area contributed by atoms with Crippen molar-refractivity contribution in [2.45, 2.75) is 103 Å². The van der Waals surface area contributed by atoms with Crippen LogP contribution in [0.3, 0.4) is 0 Å². The van der Waals surface area contributed by atoms with Crippen molar-refractivity contribution in [3.05, 3.63) is 0 Å². The third-order valence-corrected chi connectivity index (χ3v) is 6.39. The Morgan fingerprint density at radius 1 is 0.850 bits per heavy atom. The van der Waals surface area contributed by atoms with Crippen LogP contribution in [0.25, 0.3) is 0 Å². The Hall–Kier alpha value is -0.0800. The fourth-order valence-corrected chi connectivity index (χ4v) is 4.62. The van der Waals surface area contributed by atoms with Crippen LogP contribution in [0.15, 0.2) is 0 Å². The van der Waals surface area contributed by atoms with Crippen LogP contribution in [0.1, 0.15) is 91.4 Å². The minimum absolute atomic E-state index is 0.0972. The van der Waals surface area contributed by atoms with Gasteiger partial charge in [0.1, 0.15) is 0 Å². The second-order valence-corrected chi connectivity index (χ2v) is 8.25. The highest BCUT2D eigenvalue weighted by Gasteiger charge is 2.47. The van der Waals surface area contributed by atoms with Crippen molar-refractivity contribution in [1.82, 2.24) is 0 Å². The van der Waals surface area contributed by atoms with Crippen molar-refractivity contribution in [1.29, 1.82) is 0 Å².